The van der Waals surface area contributed by atoms with Crippen LogP contribution in [0.2, 0.25) is 5.02 Å². The van der Waals surface area contributed by atoms with Crippen molar-refractivity contribution in [2.24, 2.45) is 0 Å². The summed E-state index contributed by atoms with van der Waals surface area (Å²) >= 11 is 6.05. The van der Waals surface area contributed by atoms with E-state index in [4.69, 9.17) is 11.6 Å². The summed E-state index contributed by atoms with van der Waals surface area (Å²) in [5.41, 5.74) is 2.15. The van der Waals surface area contributed by atoms with Gasteiger partial charge in [0, 0.05) is 30.9 Å². The molecule has 0 spiro atoms. The Hall–Kier alpha value is -1.40. The second kappa shape index (κ2) is 6.72. The Kier molecular flexibility index (Phi) is 4.95. The zero-order valence-electron chi connectivity index (χ0n) is 14.4. The average molecular weight is 380 g/mol. The topological polar surface area (TPSA) is 57.6 Å². The lowest BCUT2D eigenvalue weighted by Crippen LogP contribution is -2.41. The Morgan fingerprint density at radius 2 is 1.84 bits per heavy atom. The van der Waals surface area contributed by atoms with Crippen LogP contribution in [0.25, 0.3) is 0 Å². The molecule has 134 valence electrons. The maximum absolute atomic E-state index is 11.6. The third-order valence-corrected chi connectivity index (χ3v) is 6.06. The standard InChI is InChI=1S/C19H22ClNO3S/c1-19(22,16-4-7-18(8-5-16)25(2,23)24)13-21-10-9-14-11-17(20)6-3-15(14)12-21/h3-8,11,22H,9-10,12-13H2,1-2H3. The number of sulfone groups is 1. The Bertz CT molecular complexity index is 876. The highest BCUT2D eigenvalue weighted by molar-refractivity contribution is 7.90. The van der Waals surface area contributed by atoms with Crippen molar-refractivity contribution in [1.29, 1.82) is 0 Å². The highest BCUT2D eigenvalue weighted by Crippen LogP contribution is 2.27. The van der Waals surface area contributed by atoms with Crippen LogP contribution in [-0.2, 0) is 28.4 Å². The van der Waals surface area contributed by atoms with Crippen molar-refractivity contribution < 1.29 is 13.5 Å². The minimum Gasteiger partial charge on any atom is -0.384 e. The molecule has 6 heteroatoms. The predicted octanol–water partition coefficient (Wildman–Crippen LogP) is 3.01. The summed E-state index contributed by atoms with van der Waals surface area (Å²) in [5, 5.41) is 11.7. The van der Waals surface area contributed by atoms with E-state index in [2.05, 4.69) is 4.90 Å². The first-order valence-electron chi connectivity index (χ1n) is 8.18. The summed E-state index contributed by atoms with van der Waals surface area (Å²) < 4.78 is 23.1. The molecule has 0 aromatic heterocycles. The molecule has 4 nitrogen and oxygen atoms in total. The maximum atomic E-state index is 11.6. The number of rotatable bonds is 4. The first-order chi connectivity index (χ1) is 11.6. The molecule has 0 saturated carbocycles. The van der Waals surface area contributed by atoms with Crippen LogP contribution in [0.4, 0.5) is 0 Å². The fraction of sp³-hybridized carbons (Fsp3) is 0.368. The van der Waals surface area contributed by atoms with E-state index >= 15 is 0 Å². The van der Waals surface area contributed by atoms with E-state index in [1.165, 1.54) is 17.4 Å². The number of halogens is 1. The molecule has 25 heavy (non-hydrogen) atoms. The largest absolute Gasteiger partial charge is 0.384 e. The van der Waals surface area contributed by atoms with Crippen LogP contribution in [-0.4, -0.2) is 37.8 Å². The number of hydrogen-bond acceptors (Lipinski definition) is 4. The van der Waals surface area contributed by atoms with Crippen molar-refractivity contribution >= 4 is 21.4 Å². The minimum absolute atomic E-state index is 0.260. The summed E-state index contributed by atoms with van der Waals surface area (Å²) in [6.07, 6.45) is 2.08. The van der Waals surface area contributed by atoms with Gasteiger partial charge in [0.05, 0.1) is 10.5 Å². The summed E-state index contributed by atoms with van der Waals surface area (Å²) in [6.45, 7) is 3.86. The van der Waals surface area contributed by atoms with Crippen LogP contribution in [0.1, 0.15) is 23.6 Å². The van der Waals surface area contributed by atoms with E-state index in [1.54, 1.807) is 31.2 Å². The van der Waals surface area contributed by atoms with Crippen molar-refractivity contribution in [1.82, 2.24) is 4.90 Å². The number of fused-ring (bicyclic) bond motifs is 1. The Balaban J connectivity index is 1.74. The second-order valence-corrected chi connectivity index (χ2v) is 9.40. The van der Waals surface area contributed by atoms with E-state index < -0.39 is 15.4 Å². The van der Waals surface area contributed by atoms with E-state index in [0.717, 1.165) is 24.5 Å². The Morgan fingerprint density at radius 3 is 2.48 bits per heavy atom. The van der Waals surface area contributed by atoms with Gasteiger partial charge < -0.3 is 5.11 Å². The van der Waals surface area contributed by atoms with Gasteiger partial charge in [-0.3, -0.25) is 4.90 Å². The molecule has 1 heterocycles. The number of hydrogen-bond donors (Lipinski definition) is 1. The molecule has 0 amide bonds. The molecule has 0 fully saturated rings. The normalized spacial score (nSPS) is 17.8. The average Bonchev–Trinajstić information content (AvgIpc) is 2.54. The SMILES string of the molecule is CC(O)(CN1CCc2cc(Cl)ccc2C1)c1ccc(S(C)(=O)=O)cc1. The minimum atomic E-state index is -3.23. The van der Waals surface area contributed by atoms with Crippen molar-refractivity contribution in [3.8, 4) is 0 Å². The Labute approximate surface area is 154 Å². The molecule has 2 aromatic rings. The van der Waals surface area contributed by atoms with E-state index in [1.807, 2.05) is 18.2 Å². The smallest absolute Gasteiger partial charge is 0.175 e. The molecule has 1 aliphatic heterocycles. The van der Waals surface area contributed by atoms with E-state index in [-0.39, 0.29) is 4.90 Å². The van der Waals surface area contributed by atoms with Crippen molar-refractivity contribution in [2.75, 3.05) is 19.3 Å². The molecule has 3 rings (SSSR count). The molecule has 0 saturated heterocycles. The van der Waals surface area contributed by atoms with E-state index in [9.17, 15) is 13.5 Å². The molecule has 2 aromatic carbocycles. The van der Waals surface area contributed by atoms with Crippen molar-refractivity contribution in [2.45, 2.75) is 30.4 Å². The lowest BCUT2D eigenvalue weighted by atomic mass is 9.93. The fourth-order valence-electron chi connectivity index (χ4n) is 3.30. The van der Waals surface area contributed by atoms with Crippen LogP contribution in [0.3, 0.4) is 0 Å². The third-order valence-electron chi connectivity index (χ3n) is 4.70. The molecule has 1 unspecified atom stereocenters. The number of aliphatic hydroxyl groups is 1. The molecule has 1 atom stereocenters. The van der Waals surface area contributed by atoms with Gasteiger partial charge in [-0.05, 0) is 54.3 Å². The molecular formula is C19H22ClNO3S. The monoisotopic (exact) mass is 379 g/mol. The zero-order chi connectivity index (χ0) is 18.2. The third kappa shape index (κ3) is 4.23. The highest BCUT2D eigenvalue weighted by atomic mass is 35.5. The predicted molar refractivity (Wildman–Crippen MR) is 99.6 cm³/mol. The van der Waals surface area contributed by atoms with Gasteiger partial charge in [-0.15, -0.1) is 0 Å². The summed E-state index contributed by atoms with van der Waals surface area (Å²) in [5.74, 6) is 0. The lowest BCUT2D eigenvalue weighted by molar-refractivity contribution is 0.0117. The van der Waals surface area contributed by atoms with Crippen LogP contribution >= 0.6 is 11.6 Å². The van der Waals surface area contributed by atoms with Gasteiger partial charge in [-0.1, -0.05) is 29.8 Å². The van der Waals surface area contributed by atoms with Gasteiger partial charge in [0.1, 0.15) is 0 Å². The first kappa shape index (κ1) is 18.4. The summed E-state index contributed by atoms with van der Waals surface area (Å²) in [4.78, 5) is 2.47. The number of β-amino-alcohol motifs (C(OH)–C–C–N with tert-alkyl or cyclic N) is 1. The maximum Gasteiger partial charge on any atom is 0.175 e. The molecule has 0 aliphatic carbocycles. The van der Waals surface area contributed by atoms with Gasteiger partial charge in [-0.2, -0.15) is 0 Å². The summed E-state index contributed by atoms with van der Waals surface area (Å²) in [7, 11) is -3.23. The van der Waals surface area contributed by atoms with Crippen molar-refractivity contribution in [3.05, 3.63) is 64.2 Å². The highest BCUT2D eigenvalue weighted by Gasteiger charge is 2.28. The molecular weight excluding hydrogens is 358 g/mol. The van der Waals surface area contributed by atoms with Gasteiger partial charge in [-0.25, -0.2) is 8.42 Å². The van der Waals surface area contributed by atoms with Crippen LogP contribution in [0.15, 0.2) is 47.4 Å². The fourth-order valence-corrected chi connectivity index (χ4v) is 4.13. The van der Waals surface area contributed by atoms with Crippen LogP contribution in [0.5, 0.6) is 0 Å². The molecule has 1 N–H and O–H groups in total. The molecule has 0 bridgehead atoms. The molecule has 1 aliphatic rings. The Morgan fingerprint density at radius 1 is 1.16 bits per heavy atom. The van der Waals surface area contributed by atoms with Gasteiger partial charge in [0.25, 0.3) is 0 Å². The van der Waals surface area contributed by atoms with Gasteiger partial charge >= 0.3 is 0 Å². The van der Waals surface area contributed by atoms with Gasteiger partial charge in [0.15, 0.2) is 9.84 Å². The molecule has 0 radical (unpaired) electrons. The van der Waals surface area contributed by atoms with Crippen molar-refractivity contribution in [3.63, 3.8) is 0 Å². The number of benzene rings is 2. The van der Waals surface area contributed by atoms with Crippen LogP contribution in [0, 0.1) is 0 Å². The zero-order valence-corrected chi connectivity index (χ0v) is 15.9. The van der Waals surface area contributed by atoms with Crippen LogP contribution < -0.4 is 0 Å². The lowest BCUT2D eigenvalue weighted by Gasteiger charge is -2.35. The summed E-state index contributed by atoms with van der Waals surface area (Å²) in [6, 6.07) is 12.4. The van der Waals surface area contributed by atoms with E-state index in [0.29, 0.717) is 12.1 Å². The van der Waals surface area contributed by atoms with Gasteiger partial charge in [0.2, 0.25) is 0 Å². The second-order valence-electron chi connectivity index (χ2n) is 6.94. The quantitative estimate of drug-likeness (QED) is 0.887. The number of nitrogens with zero attached hydrogens (tertiary/aromatic N) is 1. The first-order valence-corrected chi connectivity index (χ1v) is 10.4.